The molecule has 0 spiro atoms. The van der Waals surface area contributed by atoms with Gasteiger partial charge in [0.1, 0.15) is 11.2 Å². The van der Waals surface area contributed by atoms with Crippen LogP contribution in [0.5, 0.6) is 0 Å². The number of aromatic amines is 1. The van der Waals surface area contributed by atoms with E-state index in [1.54, 1.807) is 0 Å². The van der Waals surface area contributed by atoms with Crippen molar-refractivity contribution in [2.24, 2.45) is 0 Å². The maximum Gasteiger partial charge on any atom is 0.135 e. The number of hydrogen-bond acceptors (Lipinski definition) is 1. The lowest BCUT2D eigenvalue weighted by Gasteiger charge is -2.08. The number of fused-ring (bicyclic) bond motifs is 10. The van der Waals surface area contributed by atoms with Gasteiger partial charge in [-0.3, -0.25) is 0 Å². The fraction of sp³-hybridized carbons (Fsp3) is 0. The number of rotatable bonds is 1. The molecule has 0 radical (unpaired) electrons. The van der Waals surface area contributed by atoms with E-state index in [1.165, 1.54) is 43.6 Å². The third-order valence-electron chi connectivity index (χ3n) is 6.93. The maximum atomic E-state index is 6.08. The molecule has 3 heteroatoms. The van der Waals surface area contributed by atoms with Gasteiger partial charge < -0.3 is 14.0 Å². The number of aromatic nitrogens is 2. The molecular weight excluding hydrogens is 404 g/mol. The molecule has 0 aliphatic rings. The summed E-state index contributed by atoms with van der Waals surface area (Å²) in [5.74, 6) is 0. The Hall–Kier alpha value is -4.50. The molecule has 0 aliphatic carbocycles. The molecule has 3 nitrogen and oxygen atoms in total. The molecule has 1 N–H and O–H groups in total. The minimum absolute atomic E-state index is 0.915. The lowest BCUT2D eigenvalue weighted by molar-refractivity contribution is 0.669. The van der Waals surface area contributed by atoms with Crippen molar-refractivity contribution >= 4 is 65.6 Å². The summed E-state index contributed by atoms with van der Waals surface area (Å²) in [5.41, 5.74) is 7.73. The molecule has 0 saturated carbocycles. The average Bonchev–Trinajstić information content (AvgIpc) is 3.52. The third kappa shape index (κ3) is 2.18. The summed E-state index contributed by atoms with van der Waals surface area (Å²) >= 11 is 0. The van der Waals surface area contributed by atoms with E-state index in [0.717, 1.165) is 27.6 Å². The summed E-state index contributed by atoms with van der Waals surface area (Å²) in [6, 6.07) is 36.5. The van der Waals surface area contributed by atoms with Crippen molar-refractivity contribution in [2.75, 3.05) is 0 Å². The number of nitrogens with zero attached hydrogens (tertiary/aromatic N) is 1. The Balaban J connectivity index is 1.53. The number of furan rings is 1. The van der Waals surface area contributed by atoms with Gasteiger partial charge in [-0.05, 0) is 42.5 Å². The van der Waals surface area contributed by atoms with Gasteiger partial charge in [0.15, 0.2) is 0 Å². The van der Waals surface area contributed by atoms with Crippen LogP contribution in [0.15, 0.2) is 108 Å². The van der Waals surface area contributed by atoms with Gasteiger partial charge in [0, 0.05) is 43.5 Å². The number of hydrogen-bond donors (Lipinski definition) is 1. The minimum atomic E-state index is 0.915. The molecule has 0 atom stereocenters. The monoisotopic (exact) mass is 422 g/mol. The Morgan fingerprint density at radius 1 is 0.545 bits per heavy atom. The van der Waals surface area contributed by atoms with Crippen molar-refractivity contribution in [3.63, 3.8) is 0 Å². The second kappa shape index (κ2) is 6.05. The zero-order valence-corrected chi connectivity index (χ0v) is 17.7. The lowest BCUT2D eigenvalue weighted by Crippen LogP contribution is -1.93. The van der Waals surface area contributed by atoms with Gasteiger partial charge in [-0.15, -0.1) is 0 Å². The number of H-pyrrole nitrogens is 1. The molecule has 0 bridgehead atoms. The molecule has 0 amide bonds. The van der Waals surface area contributed by atoms with Crippen LogP contribution in [0.25, 0.3) is 71.2 Å². The molecule has 0 aliphatic heterocycles. The van der Waals surface area contributed by atoms with Gasteiger partial charge in [-0.2, -0.15) is 0 Å². The highest BCUT2D eigenvalue weighted by Gasteiger charge is 2.17. The number of para-hydroxylation sites is 3. The molecule has 154 valence electrons. The Labute approximate surface area is 188 Å². The fourth-order valence-corrected chi connectivity index (χ4v) is 5.51. The molecule has 33 heavy (non-hydrogen) atoms. The highest BCUT2D eigenvalue weighted by atomic mass is 16.3. The van der Waals surface area contributed by atoms with Crippen LogP contribution in [0.1, 0.15) is 0 Å². The number of benzene rings is 5. The minimum Gasteiger partial charge on any atom is -0.456 e. The molecule has 3 aromatic heterocycles. The second-order valence-corrected chi connectivity index (χ2v) is 8.68. The van der Waals surface area contributed by atoms with Gasteiger partial charge in [0.2, 0.25) is 0 Å². The summed E-state index contributed by atoms with van der Waals surface area (Å²) in [6.45, 7) is 0. The van der Waals surface area contributed by atoms with Crippen LogP contribution >= 0.6 is 0 Å². The molecule has 0 unspecified atom stereocenters. The molecular formula is C30H18N2O. The largest absolute Gasteiger partial charge is 0.456 e. The van der Waals surface area contributed by atoms with E-state index >= 15 is 0 Å². The van der Waals surface area contributed by atoms with Crippen LogP contribution in [0, 0.1) is 0 Å². The lowest BCUT2D eigenvalue weighted by atomic mass is 10.1. The molecule has 5 aromatic carbocycles. The highest BCUT2D eigenvalue weighted by Crippen LogP contribution is 2.39. The van der Waals surface area contributed by atoms with Crippen LogP contribution < -0.4 is 0 Å². The van der Waals surface area contributed by atoms with Crippen LogP contribution in [-0.4, -0.2) is 9.55 Å². The topological polar surface area (TPSA) is 33.9 Å². The quantitative estimate of drug-likeness (QED) is 0.283. The van der Waals surface area contributed by atoms with Crippen molar-refractivity contribution in [1.82, 2.24) is 9.55 Å². The van der Waals surface area contributed by atoms with E-state index < -0.39 is 0 Å². The summed E-state index contributed by atoms with van der Waals surface area (Å²) in [5, 5.41) is 7.32. The Bertz CT molecular complexity index is 2030. The summed E-state index contributed by atoms with van der Waals surface area (Å²) in [6.07, 6.45) is 0. The van der Waals surface area contributed by atoms with Crippen molar-refractivity contribution < 1.29 is 4.42 Å². The highest BCUT2D eigenvalue weighted by molar-refractivity contribution is 6.25. The van der Waals surface area contributed by atoms with Gasteiger partial charge in [0.05, 0.1) is 16.6 Å². The molecule has 0 fully saturated rings. The Morgan fingerprint density at radius 3 is 2.24 bits per heavy atom. The second-order valence-electron chi connectivity index (χ2n) is 8.68. The van der Waals surface area contributed by atoms with Crippen molar-refractivity contribution in [3.8, 4) is 5.69 Å². The van der Waals surface area contributed by atoms with Gasteiger partial charge in [0.25, 0.3) is 0 Å². The van der Waals surface area contributed by atoms with Crippen molar-refractivity contribution in [2.45, 2.75) is 0 Å². The molecule has 8 aromatic rings. The zero-order valence-electron chi connectivity index (χ0n) is 17.7. The first-order valence-corrected chi connectivity index (χ1v) is 11.2. The van der Waals surface area contributed by atoms with Crippen LogP contribution in [0.3, 0.4) is 0 Å². The third-order valence-corrected chi connectivity index (χ3v) is 6.93. The molecule has 0 saturated heterocycles. The van der Waals surface area contributed by atoms with E-state index in [0.29, 0.717) is 0 Å². The van der Waals surface area contributed by atoms with Crippen LogP contribution in [0.4, 0.5) is 0 Å². The predicted molar refractivity (Wildman–Crippen MR) is 137 cm³/mol. The molecule has 8 rings (SSSR count). The maximum absolute atomic E-state index is 6.08. The van der Waals surface area contributed by atoms with Crippen molar-refractivity contribution in [1.29, 1.82) is 0 Å². The van der Waals surface area contributed by atoms with E-state index in [4.69, 9.17) is 4.42 Å². The van der Waals surface area contributed by atoms with E-state index in [9.17, 15) is 0 Å². The van der Waals surface area contributed by atoms with Gasteiger partial charge in [-0.1, -0.05) is 60.7 Å². The van der Waals surface area contributed by atoms with Crippen LogP contribution in [-0.2, 0) is 0 Å². The Morgan fingerprint density at radius 2 is 1.30 bits per heavy atom. The van der Waals surface area contributed by atoms with Gasteiger partial charge in [-0.25, -0.2) is 0 Å². The predicted octanol–water partition coefficient (Wildman–Crippen LogP) is 8.32. The smallest absolute Gasteiger partial charge is 0.135 e. The average molecular weight is 422 g/mol. The number of nitrogens with one attached hydrogen (secondary N) is 1. The fourth-order valence-electron chi connectivity index (χ4n) is 5.51. The Kier molecular flexibility index (Phi) is 3.14. The molecule has 3 heterocycles. The first-order chi connectivity index (χ1) is 16.4. The summed E-state index contributed by atoms with van der Waals surface area (Å²) in [4.78, 5) is 3.70. The van der Waals surface area contributed by atoms with Crippen LogP contribution in [0.2, 0.25) is 0 Å². The first-order valence-electron chi connectivity index (χ1n) is 11.2. The summed E-state index contributed by atoms with van der Waals surface area (Å²) in [7, 11) is 0. The van der Waals surface area contributed by atoms with E-state index in [1.807, 2.05) is 12.1 Å². The normalized spacial score (nSPS) is 12.2. The van der Waals surface area contributed by atoms with Gasteiger partial charge >= 0.3 is 0 Å². The zero-order chi connectivity index (χ0) is 21.5. The van der Waals surface area contributed by atoms with E-state index in [2.05, 4.69) is 101 Å². The summed E-state index contributed by atoms with van der Waals surface area (Å²) < 4.78 is 8.45. The SMILES string of the molecule is c1ccc2c(c1)[nH]c1c2ccc2c1c1ccccc1n2-c1ccc2oc3ccccc3c2c1. The first kappa shape index (κ1) is 17.1. The van der Waals surface area contributed by atoms with E-state index in [-0.39, 0.29) is 0 Å². The standard InChI is InChI=1S/C30H18N2O/c1-4-10-24-19(7-1)21-14-15-26-29(30(21)31-24)22-9-2-5-11-25(22)32(26)18-13-16-28-23(17-18)20-8-3-6-12-27(20)33-28/h1-17,31H. The van der Waals surface area contributed by atoms with Crippen molar-refractivity contribution in [3.05, 3.63) is 103 Å².